The molecule has 0 saturated carbocycles. The van der Waals surface area contributed by atoms with Gasteiger partial charge in [0.05, 0.1) is 4.92 Å². The Kier molecular flexibility index (Phi) is 3.32. The van der Waals surface area contributed by atoms with E-state index in [4.69, 9.17) is 10.0 Å². The van der Waals surface area contributed by atoms with Crippen LogP contribution < -0.4 is 10.4 Å². The highest BCUT2D eigenvalue weighted by atomic mass is 16.6. The molecule has 0 aliphatic carbocycles. The predicted molar refractivity (Wildman–Crippen MR) is 64.6 cm³/mol. The van der Waals surface area contributed by atoms with Crippen LogP contribution in [0.2, 0.25) is 0 Å². The Morgan fingerprint density at radius 1 is 1.21 bits per heavy atom. The average Bonchev–Trinajstić information content (AvgIpc) is 2.68. The van der Waals surface area contributed by atoms with Crippen molar-refractivity contribution in [1.82, 2.24) is 0 Å². The molecule has 0 unspecified atom stereocenters. The number of hydrogen-bond donors (Lipinski definition) is 2. The van der Waals surface area contributed by atoms with Crippen LogP contribution in [0.1, 0.15) is 12.8 Å². The Hall–Kier alpha value is -2.26. The van der Waals surface area contributed by atoms with Gasteiger partial charge in [0.1, 0.15) is 5.69 Å². The molecule has 8 nitrogen and oxygen atoms in total. The molecule has 1 fully saturated rings. The van der Waals surface area contributed by atoms with Crippen molar-refractivity contribution in [2.45, 2.75) is 12.8 Å². The van der Waals surface area contributed by atoms with Crippen molar-refractivity contribution in [2.75, 3.05) is 4.90 Å². The van der Waals surface area contributed by atoms with E-state index in [1.165, 1.54) is 0 Å². The quantitative estimate of drug-likeness (QED) is 0.310. The first-order chi connectivity index (χ1) is 8.91. The third-order valence-corrected chi connectivity index (χ3v) is 2.79. The molecule has 2 N–H and O–H groups in total. The van der Waals surface area contributed by atoms with Crippen molar-refractivity contribution < 1.29 is 24.6 Å². The Morgan fingerprint density at radius 2 is 1.79 bits per heavy atom. The highest BCUT2D eigenvalue weighted by Gasteiger charge is 2.35. The van der Waals surface area contributed by atoms with Crippen LogP contribution in [-0.2, 0) is 9.59 Å². The zero-order valence-electron chi connectivity index (χ0n) is 9.65. The summed E-state index contributed by atoms with van der Waals surface area (Å²) in [6.07, 6.45) is -0.0240. The fourth-order valence-electron chi connectivity index (χ4n) is 1.88. The molecule has 1 aromatic rings. The Balaban J connectivity index is 2.58. The second kappa shape index (κ2) is 4.79. The third-order valence-electron chi connectivity index (χ3n) is 2.79. The summed E-state index contributed by atoms with van der Waals surface area (Å²) >= 11 is 0. The van der Waals surface area contributed by atoms with Crippen LogP contribution in [0.3, 0.4) is 0 Å². The number of anilines is 1. The van der Waals surface area contributed by atoms with Crippen molar-refractivity contribution in [3.8, 4) is 0 Å². The van der Waals surface area contributed by atoms with Gasteiger partial charge in [-0.1, -0.05) is 6.07 Å². The Labute approximate surface area is 107 Å². The molecule has 1 heterocycles. The van der Waals surface area contributed by atoms with Gasteiger partial charge in [-0.3, -0.25) is 19.7 Å². The lowest BCUT2D eigenvalue weighted by Gasteiger charge is -2.15. The molecule has 0 atom stereocenters. The van der Waals surface area contributed by atoms with E-state index in [-0.39, 0.29) is 24.0 Å². The van der Waals surface area contributed by atoms with Crippen LogP contribution in [-0.4, -0.2) is 33.9 Å². The van der Waals surface area contributed by atoms with Gasteiger partial charge in [-0.15, -0.1) is 0 Å². The maximum absolute atomic E-state index is 11.6. The summed E-state index contributed by atoms with van der Waals surface area (Å²) in [5.41, 5.74) is -0.704. The molecule has 2 amide bonds. The smallest absolute Gasteiger partial charge is 0.423 e. The van der Waals surface area contributed by atoms with E-state index in [0.29, 0.717) is 4.90 Å². The number of amides is 2. The minimum atomic E-state index is -1.84. The molecule has 1 saturated heterocycles. The second-order valence-corrected chi connectivity index (χ2v) is 4.00. The summed E-state index contributed by atoms with van der Waals surface area (Å²) in [6, 6.07) is 3.24. The summed E-state index contributed by atoms with van der Waals surface area (Å²) in [7, 11) is -1.84. The Bertz CT molecular complexity index is 557. The van der Waals surface area contributed by atoms with E-state index >= 15 is 0 Å². The normalized spacial score (nSPS) is 14.9. The highest BCUT2D eigenvalue weighted by molar-refractivity contribution is 6.58. The van der Waals surface area contributed by atoms with Crippen molar-refractivity contribution in [3.05, 3.63) is 28.3 Å². The maximum atomic E-state index is 11.6. The van der Waals surface area contributed by atoms with Crippen LogP contribution >= 0.6 is 0 Å². The standard InChI is InChI=1S/C10H9BN2O6/c14-9-3-4-10(15)12(9)8-5-6(11(16)17)1-2-7(8)13(18)19/h1-2,5,16-17H,3-4H2. The SMILES string of the molecule is O=C1CCC(=O)N1c1cc(B(O)O)ccc1[N+](=O)[O-]. The molecular formula is C10H9BN2O6. The van der Waals surface area contributed by atoms with Gasteiger partial charge < -0.3 is 10.0 Å². The number of hydrogen-bond acceptors (Lipinski definition) is 6. The molecule has 98 valence electrons. The molecule has 2 rings (SSSR count). The molecule has 1 aliphatic rings. The van der Waals surface area contributed by atoms with E-state index in [9.17, 15) is 19.7 Å². The largest absolute Gasteiger partial charge is 0.488 e. The first kappa shape index (κ1) is 13.2. The number of benzene rings is 1. The van der Waals surface area contributed by atoms with E-state index in [0.717, 1.165) is 18.2 Å². The summed E-state index contributed by atoms with van der Waals surface area (Å²) in [6.45, 7) is 0. The van der Waals surface area contributed by atoms with Crippen molar-refractivity contribution in [1.29, 1.82) is 0 Å². The van der Waals surface area contributed by atoms with Gasteiger partial charge in [-0.2, -0.15) is 0 Å². The predicted octanol–water partition coefficient (Wildman–Crippen LogP) is -1.07. The molecule has 19 heavy (non-hydrogen) atoms. The number of nitro groups is 1. The average molecular weight is 264 g/mol. The third kappa shape index (κ3) is 2.33. The van der Waals surface area contributed by atoms with Gasteiger partial charge >= 0.3 is 7.12 Å². The van der Waals surface area contributed by atoms with Crippen LogP contribution in [0.4, 0.5) is 11.4 Å². The van der Waals surface area contributed by atoms with Crippen LogP contribution in [0.25, 0.3) is 0 Å². The molecular weight excluding hydrogens is 255 g/mol. The molecule has 0 spiro atoms. The van der Waals surface area contributed by atoms with E-state index in [2.05, 4.69) is 0 Å². The number of nitrogens with zero attached hydrogens (tertiary/aromatic N) is 2. The van der Waals surface area contributed by atoms with Crippen molar-refractivity contribution >= 4 is 35.8 Å². The highest BCUT2D eigenvalue weighted by Crippen LogP contribution is 2.30. The first-order valence-corrected chi connectivity index (χ1v) is 5.42. The topological polar surface area (TPSA) is 121 Å². The molecule has 0 bridgehead atoms. The zero-order chi connectivity index (χ0) is 14.2. The van der Waals surface area contributed by atoms with Gasteiger partial charge in [0, 0.05) is 18.9 Å². The minimum Gasteiger partial charge on any atom is -0.423 e. The van der Waals surface area contributed by atoms with Crippen molar-refractivity contribution in [3.63, 3.8) is 0 Å². The second-order valence-electron chi connectivity index (χ2n) is 4.00. The molecule has 1 aromatic carbocycles. The summed E-state index contributed by atoms with van der Waals surface area (Å²) in [4.78, 5) is 34.1. The lowest BCUT2D eigenvalue weighted by Crippen LogP contribution is -2.34. The van der Waals surface area contributed by atoms with Crippen LogP contribution in [0.5, 0.6) is 0 Å². The van der Waals surface area contributed by atoms with E-state index < -0.39 is 29.5 Å². The molecule has 9 heteroatoms. The van der Waals surface area contributed by atoms with Crippen LogP contribution in [0.15, 0.2) is 18.2 Å². The molecule has 0 radical (unpaired) electrons. The molecule has 0 aromatic heterocycles. The van der Waals surface area contributed by atoms with Crippen LogP contribution in [0, 0.1) is 10.1 Å². The summed E-state index contributed by atoms with van der Waals surface area (Å²) in [5, 5.41) is 29.0. The fourth-order valence-corrected chi connectivity index (χ4v) is 1.88. The van der Waals surface area contributed by atoms with E-state index in [1.807, 2.05) is 0 Å². The summed E-state index contributed by atoms with van der Waals surface area (Å²) < 4.78 is 0. The number of imide groups is 1. The number of carbonyl (C=O) groups excluding carboxylic acids is 2. The Morgan fingerprint density at radius 3 is 2.26 bits per heavy atom. The van der Waals surface area contributed by atoms with Gasteiger partial charge in [0.15, 0.2) is 0 Å². The van der Waals surface area contributed by atoms with Gasteiger partial charge in [-0.25, -0.2) is 4.90 Å². The molecule has 1 aliphatic heterocycles. The lowest BCUT2D eigenvalue weighted by molar-refractivity contribution is -0.384. The fraction of sp³-hybridized carbons (Fsp3) is 0.200. The minimum absolute atomic E-state index is 0.0120. The number of nitro benzene ring substituents is 1. The lowest BCUT2D eigenvalue weighted by atomic mass is 9.80. The number of carbonyl (C=O) groups is 2. The van der Waals surface area contributed by atoms with Gasteiger partial charge in [-0.05, 0) is 11.5 Å². The summed E-state index contributed by atoms with van der Waals surface area (Å²) in [5.74, 6) is -1.09. The van der Waals surface area contributed by atoms with Gasteiger partial charge in [0.25, 0.3) is 5.69 Å². The monoisotopic (exact) mass is 264 g/mol. The maximum Gasteiger partial charge on any atom is 0.488 e. The number of rotatable bonds is 3. The zero-order valence-corrected chi connectivity index (χ0v) is 9.65. The van der Waals surface area contributed by atoms with Crippen molar-refractivity contribution in [2.24, 2.45) is 0 Å². The van der Waals surface area contributed by atoms with E-state index in [1.54, 1.807) is 0 Å². The van der Waals surface area contributed by atoms with Gasteiger partial charge in [0.2, 0.25) is 11.8 Å². The first-order valence-electron chi connectivity index (χ1n) is 5.42.